The molecule has 0 fully saturated rings. The molecule has 0 atom stereocenters. The van der Waals surface area contributed by atoms with Crippen LogP contribution in [0.25, 0.3) is 5.69 Å². The van der Waals surface area contributed by atoms with E-state index >= 15 is 0 Å². The molecule has 1 heterocycles. The number of imidazole rings is 1. The molecular formula is C14H15ClN4O. The van der Waals surface area contributed by atoms with Crippen molar-refractivity contribution in [3.8, 4) is 11.8 Å². The van der Waals surface area contributed by atoms with Crippen LogP contribution in [0.15, 0.2) is 30.6 Å². The van der Waals surface area contributed by atoms with Crippen molar-refractivity contribution in [2.75, 3.05) is 20.3 Å². The Hall–Kier alpha value is -1.87. The van der Waals surface area contributed by atoms with E-state index in [1.54, 1.807) is 30.1 Å². The van der Waals surface area contributed by atoms with E-state index in [1.165, 1.54) is 0 Å². The summed E-state index contributed by atoms with van der Waals surface area (Å²) in [6.07, 6.45) is 3.37. The minimum Gasteiger partial charge on any atom is -0.383 e. The summed E-state index contributed by atoms with van der Waals surface area (Å²) in [5.74, 6) is 0.352. The van der Waals surface area contributed by atoms with E-state index in [-0.39, 0.29) is 0 Å². The monoisotopic (exact) mass is 290 g/mol. The Morgan fingerprint density at radius 2 is 2.35 bits per heavy atom. The lowest BCUT2D eigenvalue weighted by Crippen LogP contribution is -2.19. The predicted molar refractivity (Wildman–Crippen MR) is 76.9 cm³/mol. The van der Waals surface area contributed by atoms with Crippen LogP contribution in [0.3, 0.4) is 0 Å². The number of benzene rings is 1. The molecule has 0 spiro atoms. The SMILES string of the molecule is COCCNCc1cc(Cl)ccc1-n1ccnc1C#N. The van der Waals surface area contributed by atoms with Crippen LogP contribution < -0.4 is 5.32 Å². The lowest BCUT2D eigenvalue weighted by atomic mass is 10.1. The number of nitrogens with zero attached hydrogens (tertiary/aromatic N) is 3. The summed E-state index contributed by atoms with van der Waals surface area (Å²) in [5, 5.41) is 13.0. The van der Waals surface area contributed by atoms with Gasteiger partial charge in [0.25, 0.3) is 0 Å². The minimum atomic E-state index is 0.352. The second kappa shape index (κ2) is 7.06. The maximum atomic E-state index is 9.07. The van der Waals surface area contributed by atoms with Crippen LogP contribution in [0, 0.1) is 11.3 Å². The molecule has 6 heteroatoms. The maximum Gasteiger partial charge on any atom is 0.217 e. The largest absolute Gasteiger partial charge is 0.383 e. The Morgan fingerprint density at radius 3 is 3.10 bits per heavy atom. The third-order valence-electron chi connectivity index (χ3n) is 2.84. The van der Waals surface area contributed by atoms with Gasteiger partial charge in [-0.05, 0) is 23.8 Å². The van der Waals surface area contributed by atoms with Gasteiger partial charge >= 0.3 is 0 Å². The van der Waals surface area contributed by atoms with E-state index in [0.717, 1.165) is 17.8 Å². The van der Waals surface area contributed by atoms with Gasteiger partial charge < -0.3 is 10.1 Å². The summed E-state index contributed by atoms with van der Waals surface area (Å²) in [5.41, 5.74) is 1.90. The molecule has 0 aliphatic rings. The number of nitriles is 1. The summed E-state index contributed by atoms with van der Waals surface area (Å²) >= 11 is 6.05. The van der Waals surface area contributed by atoms with Gasteiger partial charge in [-0.2, -0.15) is 5.26 Å². The van der Waals surface area contributed by atoms with Crippen molar-refractivity contribution in [3.05, 3.63) is 47.0 Å². The van der Waals surface area contributed by atoms with Gasteiger partial charge in [0, 0.05) is 37.6 Å². The number of nitrogens with one attached hydrogen (secondary N) is 1. The number of aromatic nitrogens is 2. The predicted octanol–water partition coefficient (Wildman–Crippen LogP) is 2.13. The molecule has 0 aliphatic carbocycles. The topological polar surface area (TPSA) is 62.9 Å². The summed E-state index contributed by atoms with van der Waals surface area (Å²) in [6, 6.07) is 7.65. The van der Waals surface area contributed by atoms with Crippen molar-refractivity contribution >= 4 is 11.6 Å². The molecule has 2 aromatic rings. The fourth-order valence-electron chi connectivity index (χ4n) is 1.91. The average molecular weight is 291 g/mol. The lowest BCUT2D eigenvalue weighted by molar-refractivity contribution is 0.199. The fraction of sp³-hybridized carbons (Fsp3) is 0.286. The summed E-state index contributed by atoms with van der Waals surface area (Å²) in [7, 11) is 1.66. The first-order valence-electron chi connectivity index (χ1n) is 6.18. The average Bonchev–Trinajstić information content (AvgIpc) is 2.92. The Bertz CT molecular complexity index is 618. The summed E-state index contributed by atoms with van der Waals surface area (Å²) < 4.78 is 6.75. The van der Waals surface area contributed by atoms with Gasteiger partial charge in [-0.1, -0.05) is 11.6 Å². The van der Waals surface area contributed by atoms with Crippen molar-refractivity contribution < 1.29 is 4.74 Å². The first kappa shape index (κ1) is 14.5. The molecule has 5 nitrogen and oxygen atoms in total. The van der Waals surface area contributed by atoms with E-state index in [9.17, 15) is 0 Å². The zero-order valence-electron chi connectivity index (χ0n) is 11.1. The highest BCUT2D eigenvalue weighted by molar-refractivity contribution is 6.30. The molecular weight excluding hydrogens is 276 g/mol. The van der Waals surface area contributed by atoms with Gasteiger partial charge in [-0.25, -0.2) is 4.98 Å². The number of ether oxygens (including phenoxy) is 1. The van der Waals surface area contributed by atoms with Gasteiger partial charge in [0.15, 0.2) is 0 Å². The Kier molecular flexibility index (Phi) is 5.13. The van der Waals surface area contributed by atoms with Gasteiger partial charge in [0.2, 0.25) is 5.82 Å². The van der Waals surface area contributed by atoms with Crippen molar-refractivity contribution in [1.29, 1.82) is 5.26 Å². The molecule has 20 heavy (non-hydrogen) atoms. The zero-order chi connectivity index (χ0) is 14.4. The van der Waals surface area contributed by atoms with E-state index in [2.05, 4.69) is 16.4 Å². The molecule has 0 saturated heterocycles. The first-order chi connectivity index (χ1) is 9.76. The summed E-state index contributed by atoms with van der Waals surface area (Å²) in [4.78, 5) is 4.01. The van der Waals surface area contributed by atoms with E-state index in [1.807, 2.05) is 12.1 Å². The third kappa shape index (κ3) is 3.36. The molecule has 1 N–H and O–H groups in total. The van der Waals surface area contributed by atoms with Crippen LogP contribution >= 0.6 is 11.6 Å². The Labute approximate surface area is 122 Å². The molecule has 104 valence electrons. The highest BCUT2D eigenvalue weighted by Crippen LogP contribution is 2.20. The number of halogens is 1. The normalized spacial score (nSPS) is 10.4. The van der Waals surface area contributed by atoms with E-state index < -0.39 is 0 Å². The Morgan fingerprint density at radius 1 is 1.50 bits per heavy atom. The standard InChI is InChI=1S/C14H15ClN4O/c1-20-7-5-17-10-11-8-12(15)2-3-13(11)19-6-4-18-14(19)9-16/h2-4,6,8,17H,5,7,10H2,1H3. The maximum absolute atomic E-state index is 9.07. The first-order valence-corrected chi connectivity index (χ1v) is 6.56. The molecule has 0 radical (unpaired) electrons. The molecule has 0 bridgehead atoms. The smallest absolute Gasteiger partial charge is 0.217 e. The highest BCUT2D eigenvalue weighted by Gasteiger charge is 2.09. The van der Waals surface area contributed by atoms with Gasteiger partial charge in [-0.15, -0.1) is 0 Å². The molecule has 0 aliphatic heterocycles. The second-order valence-electron chi connectivity index (χ2n) is 4.18. The van der Waals surface area contributed by atoms with Crippen LogP contribution in [0.4, 0.5) is 0 Å². The van der Waals surface area contributed by atoms with Crippen LogP contribution in [-0.4, -0.2) is 29.8 Å². The number of hydrogen-bond donors (Lipinski definition) is 1. The molecule has 1 aromatic carbocycles. The van der Waals surface area contributed by atoms with Gasteiger partial charge in [0.05, 0.1) is 12.3 Å². The van der Waals surface area contributed by atoms with Crippen LogP contribution in [0.5, 0.6) is 0 Å². The quantitative estimate of drug-likeness (QED) is 0.828. The Balaban J connectivity index is 2.26. The zero-order valence-corrected chi connectivity index (χ0v) is 11.9. The minimum absolute atomic E-state index is 0.352. The van der Waals surface area contributed by atoms with E-state index in [0.29, 0.717) is 24.0 Å². The number of methoxy groups -OCH3 is 1. The summed E-state index contributed by atoms with van der Waals surface area (Å²) in [6.45, 7) is 2.03. The van der Waals surface area contributed by atoms with Crippen molar-refractivity contribution in [3.63, 3.8) is 0 Å². The molecule has 1 aromatic heterocycles. The van der Waals surface area contributed by atoms with Crippen molar-refractivity contribution in [2.45, 2.75) is 6.54 Å². The number of rotatable bonds is 6. The van der Waals surface area contributed by atoms with Crippen LogP contribution in [0.2, 0.25) is 5.02 Å². The van der Waals surface area contributed by atoms with Crippen LogP contribution in [-0.2, 0) is 11.3 Å². The number of hydrogen-bond acceptors (Lipinski definition) is 4. The van der Waals surface area contributed by atoms with Crippen LogP contribution in [0.1, 0.15) is 11.4 Å². The van der Waals surface area contributed by atoms with Crippen molar-refractivity contribution in [2.24, 2.45) is 0 Å². The third-order valence-corrected chi connectivity index (χ3v) is 3.08. The van der Waals surface area contributed by atoms with Gasteiger partial charge in [-0.3, -0.25) is 4.57 Å². The van der Waals surface area contributed by atoms with Gasteiger partial charge in [0.1, 0.15) is 6.07 Å². The lowest BCUT2D eigenvalue weighted by Gasteiger charge is -2.12. The highest BCUT2D eigenvalue weighted by atomic mass is 35.5. The van der Waals surface area contributed by atoms with Crippen molar-refractivity contribution in [1.82, 2.24) is 14.9 Å². The second-order valence-corrected chi connectivity index (χ2v) is 4.61. The molecule has 0 unspecified atom stereocenters. The molecule has 0 saturated carbocycles. The fourth-order valence-corrected chi connectivity index (χ4v) is 2.10. The van der Waals surface area contributed by atoms with E-state index in [4.69, 9.17) is 21.6 Å². The molecule has 2 rings (SSSR count). The molecule has 0 amide bonds.